The minimum atomic E-state index is -0.435. The maximum atomic E-state index is 13.3. The molecule has 6 heteroatoms. The van der Waals surface area contributed by atoms with Crippen LogP contribution < -0.4 is 14.8 Å². The molecule has 142 valence electrons. The Labute approximate surface area is 162 Å². The maximum absolute atomic E-state index is 13.3. The molecule has 0 unspecified atom stereocenters. The van der Waals surface area contributed by atoms with Gasteiger partial charge in [0.15, 0.2) is 17.3 Å². The molecule has 3 aromatic rings. The summed E-state index contributed by atoms with van der Waals surface area (Å²) in [5.74, 6) is 2.58. The quantitative estimate of drug-likeness (QED) is 0.590. The van der Waals surface area contributed by atoms with Gasteiger partial charge in [0.25, 0.3) is 0 Å². The van der Waals surface area contributed by atoms with E-state index in [2.05, 4.69) is 5.32 Å². The number of hydrogen-bond acceptors (Lipinski definition) is 3. The average molecular weight is 391 g/mol. The van der Waals surface area contributed by atoms with Crippen LogP contribution in [0.25, 0.3) is 11.3 Å². The first kappa shape index (κ1) is 19.3. The van der Waals surface area contributed by atoms with Crippen LogP contribution in [0, 0.1) is 5.82 Å². The van der Waals surface area contributed by atoms with Gasteiger partial charge in [-0.05, 0) is 48.0 Å². The van der Waals surface area contributed by atoms with Gasteiger partial charge in [0.1, 0.15) is 18.1 Å². The molecule has 1 aromatic heterocycles. The lowest BCUT2D eigenvalue weighted by Gasteiger charge is -2.09. The number of hydrogen-bond donors (Lipinski definition) is 1. The first-order chi connectivity index (χ1) is 13.1. The van der Waals surface area contributed by atoms with Gasteiger partial charge < -0.3 is 19.2 Å². The Morgan fingerprint density at radius 2 is 1.81 bits per heavy atom. The molecule has 1 heterocycles. The molecule has 0 aliphatic heterocycles. The number of rotatable bonds is 8. The Morgan fingerprint density at radius 3 is 2.56 bits per heavy atom. The highest BCUT2D eigenvalue weighted by molar-refractivity contribution is 6.31. The number of quaternary nitrogens is 1. The third-order valence-electron chi connectivity index (χ3n) is 4.30. The Morgan fingerprint density at radius 1 is 1.00 bits per heavy atom. The summed E-state index contributed by atoms with van der Waals surface area (Å²) in [5.41, 5.74) is 1.95. The van der Waals surface area contributed by atoms with Crippen molar-refractivity contribution in [1.29, 1.82) is 0 Å². The molecule has 27 heavy (non-hydrogen) atoms. The van der Waals surface area contributed by atoms with Crippen molar-refractivity contribution < 1.29 is 23.6 Å². The van der Waals surface area contributed by atoms with E-state index in [1.165, 1.54) is 11.6 Å². The molecule has 0 amide bonds. The molecular weight excluding hydrogens is 369 g/mol. The fourth-order valence-electron chi connectivity index (χ4n) is 2.84. The average Bonchev–Trinajstić information content (AvgIpc) is 3.16. The summed E-state index contributed by atoms with van der Waals surface area (Å²) in [6, 6.07) is 14.3. The summed E-state index contributed by atoms with van der Waals surface area (Å²) < 4.78 is 29.7. The second-order valence-electron chi connectivity index (χ2n) is 6.12. The van der Waals surface area contributed by atoms with Crippen molar-refractivity contribution in [3.8, 4) is 22.8 Å². The predicted octanol–water partition coefficient (Wildman–Crippen LogP) is 4.06. The summed E-state index contributed by atoms with van der Waals surface area (Å²) in [6.07, 6.45) is 0.904. The van der Waals surface area contributed by atoms with Gasteiger partial charge in [-0.25, -0.2) is 4.39 Å². The van der Waals surface area contributed by atoms with E-state index in [4.69, 9.17) is 25.5 Å². The molecule has 0 fully saturated rings. The smallest absolute Gasteiger partial charge is 0.160 e. The summed E-state index contributed by atoms with van der Waals surface area (Å²) in [5, 5.41) is 2.27. The van der Waals surface area contributed by atoms with Crippen molar-refractivity contribution in [1.82, 2.24) is 0 Å². The summed E-state index contributed by atoms with van der Waals surface area (Å²) in [4.78, 5) is 0. The normalized spacial score (nSPS) is 10.8. The van der Waals surface area contributed by atoms with Crippen molar-refractivity contribution in [2.24, 2.45) is 0 Å². The second kappa shape index (κ2) is 8.93. The van der Waals surface area contributed by atoms with Crippen LogP contribution in [0.3, 0.4) is 0 Å². The van der Waals surface area contributed by atoms with E-state index in [0.717, 1.165) is 42.3 Å². The van der Waals surface area contributed by atoms with Crippen LogP contribution in [0.5, 0.6) is 11.5 Å². The van der Waals surface area contributed by atoms with E-state index in [1.54, 1.807) is 26.4 Å². The molecule has 2 aromatic carbocycles. The van der Waals surface area contributed by atoms with E-state index >= 15 is 0 Å². The zero-order valence-corrected chi connectivity index (χ0v) is 16.1. The van der Waals surface area contributed by atoms with Crippen molar-refractivity contribution in [3.63, 3.8) is 0 Å². The number of nitrogens with two attached hydrogens (primary N) is 1. The van der Waals surface area contributed by atoms with Gasteiger partial charge in [0.05, 0.1) is 25.8 Å². The van der Waals surface area contributed by atoms with Crippen LogP contribution in [-0.2, 0) is 13.0 Å². The fraction of sp³-hybridized carbons (Fsp3) is 0.238. The Kier molecular flexibility index (Phi) is 6.37. The lowest BCUT2D eigenvalue weighted by Crippen LogP contribution is -2.83. The Hall–Kier alpha value is -2.50. The molecule has 2 N–H and O–H groups in total. The van der Waals surface area contributed by atoms with Gasteiger partial charge in [-0.3, -0.25) is 0 Å². The fourth-order valence-corrected chi connectivity index (χ4v) is 3.02. The summed E-state index contributed by atoms with van der Waals surface area (Å²) in [7, 11) is 3.26. The van der Waals surface area contributed by atoms with Crippen LogP contribution in [0.2, 0.25) is 5.02 Å². The number of furan rings is 1. The highest BCUT2D eigenvalue weighted by Gasteiger charge is 2.09. The predicted molar refractivity (Wildman–Crippen MR) is 103 cm³/mol. The molecule has 0 bridgehead atoms. The van der Waals surface area contributed by atoms with Crippen molar-refractivity contribution >= 4 is 11.6 Å². The Balaban J connectivity index is 1.53. The van der Waals surface area contributed by atoms with Gasteiger partial charge in [-0.2, -0.15) is 0 Å². The zero-order valence-electron chi connectivity index (χ0n) is 15.3. The van der Waals surface area contributed by atoms with Crippen LogP contribution in [0.4, 0.5) is 4.39 Å². The molecular formula is C21H22ClFNO3+. The van der Waals surface area contributed by atoms with Gasteiger partial charge in [-0.1, -0.05) is 17.7 Å². The molecule has 0 atom stereocenters. The first-order valence-corrected chi connectivity index (χ1v) is 9.05. The van der Waals surface area contributed by atoms with E-state index in [9.17, 15) is 4.39 Å². The highest BCUT2D eigenvalue weighted by Crippen LogP contribution is 2.28. The molecule has 0 aliphatic rings. The number of benzene rings is 2. The number of methoxy groups -OCH3 is 2. The lowest BCUT2D eigenvalue weighted by molar-refractivity contribution is -0.671. The van der Waals surface area contributed by atoms with Gasteiger partial charge in [-0.15, -0.1) is 0 Å². The van der Waals surface area contributed by atoms with E-state index < -0.39 is 5.82 Å². The zero-order chi connectivity index (χ0) is 19.2. The standard InChI is InChI=1S/C21H21ClFNO3/c1-25-20-7-3-14(11-21(20)26-2)9-10-24-13-16-5-8-19(27-16)15-4-6-18(23)17(22)12-15/h3-8,11-12,24H,9-10,13H2,1-2H3/p+1. The van der Waals surface area contributed by atoms with Gasteiger partial charge in [0, 0.05) is 12.0 Å². The highest BCUT2D eigenvalue weighted by atomic mass is 35.5. The SMILES string of the molecule is COc1ccc(CC[NH2+]Cc2ccc(-c3ccc(F)c(Cl)c3)o2)cc1OC. The minimum Gasteiger partial charge on any atom is -0.493 e. The topological polar surface area (TPSA) is 48.2 Å². The Bertz CT molecular complexity index is 910. The van der Waals surface area contributed by atoms with E-state index in [1.807, 2.05) is 30.3 Å². The van der Waals surface area contributed by atoms with Gasteiger partial charge >= 0.3 is 0 Å². The molecule has 0 saturated carbocycles. The summed E-state index contributed by atoms with van der Waals surface area (Å²) >= 11 is 5.83. The van der Waals surface area contributed by atoms with Crippen LogP contribution in [0.1, 0.15) is 11.3 Å². The monoisotopic (exact) mass is 390 g/mol. The van der Waals surface area contributed by atoms with Crippen LogP contribution in [0.15, 0.2) is 52.9 Å². The molecule has 3 rings (SSSR count). The molecule has 4 nitrogen and oxygen atoms in total. The maximum Gasteiger partial charge on any atom is 0.160 e. The van der Waals surface area contributed by atoms with Crippen molar-refractivity contribution in [2.45, 2.75) is 13.0 Å². The first-order valence-electron chi connectivity index (χ1n) is 8.67. The number of ether oxygens (including phenoxy) is 2. The van der Waals surface area contributed by atoms with Crippen LogP contribution in [-0.4, -0.2) is 20.8 Å². The van der Waals surface area contributed by atoms with E-state index in [-0.39, 0.29) is 5.02 Å². The van der Waals surface area contributed by atoms with E-state index in [0.29, 0.717) is 5.76 Å². The van der Waals surface area contributed by atoms with Gasteiger partial charge in [0.2, 0.25) is 0 Å². The molecule has 0 saturated heterocycles. The summed E-state index contributed by atoms with van der Waals surface area (Å²) in [6.45, 7) is 1.64. The van der Waals surface area contributed by atoms with Crippen molar-refractivity contribution in [3.05, 3.63) is 70.7 Å². The third kappa shape index (κ3) is 4.81. The lowest BCUT2D eigenvalue weighted by atomic mass is 10.1. The molecule has 0 spiro atoms. The third-order valence-corrected chi connectivity index (χ3v) is 4.59. The second-order valence-corrected chi connectivity index (χ2v) is 6.52. The van der Waals surface area contributed by atoms with Crippen molar-refractivity contribution in [2.75, 3.05) is 20.8 Å². The molecule has 0 aliphatic carbocycles. The minimum absolute atomic E-state index is 0.0898. The molecule has 0 radical (unpaired) electrons. The van der Waals surface area contributed by atoms with Crippen LogP contribution >= 0.6 is 11.6 Å². The number of halogens is 2. The largest absolute Gasteiger partial charge is 0.493 e.